The van der Waals surface area contributed by atoms with Gasteiger partial charge in [0.05, 0.1) is 10.0 Å². The molecule has 0 aliphatic carbocycles. The zero-order chi connectivity index (χ0) is 24.2. The van der Waals surface area contributed by atoms with Gasteiger partial charge in [-0.2, -0.15) is 0 Å². The summed E-state index contributed by atoms with van der Waals surface area (Å²) in [5.41, 5.74) is 2.25. The second kappa shape index (κ2) is 11.0. The molecule has 1 N–H and O–H groups in total. The van der Waals surface area contributed by atoms with E-state index in [2.05, 4.69) is 35.9 Å². The lowest BCUT2D eigenvalue weighted by atomic mass is 9.86. The highest BCUT2D eigenvalue weighted by atomic mass is 35.5. The van der Waals surface area contributed by atoms with Crippen LogP contribution in [0.5, 0.6) is 0 Å². The van der Waals surface area contributed by atoms with E-state index in [1.165, 1.54) is 6.92 Å². The van der Waals surface area contributed by atoms with Crippen LogP contribution in [0, 0.1) is 5.41 Å². The number of piperazine rings is 1. The summed E-state index contributed by atoms with van der Waals surface area (Å²) in [6, 6.07) is 12.6. The van der Waals surface area contributed by atoms with E-state index in [4.69, 9.17) is 23.2 Å². The number of carbonyl (C=O) groups excluding carboxylic acids is 2. The van der Waals surface area contributed by atoms with E-state index in [1.807, 2.05) is 18.2 Å². The normalized spacial score (nSPS) is 16.4. The predicted octanol–water partition coefficient (Wildman–Crippen LogP) is 5.16. The molecule has 7 heteroatoms. The number of nitrogens with one attached hydrogen (secondary N) is 1. The van der Waals surface area contributed by atoms with Crippen molar-refractivity contribution in [3.8, 4) is 0 Å². The first kappa shape index (κ1) is 25.7. The van der Waals surface area contributed by atoms with Crippen molar-refractivity contribution < 1.29 is 9.59 Å². The van der Waals surface area contributed by atoms with Crippen LogP contribution in [0.1, 0.15) is 54.0 Å². The molecule has 3 rings (SSSR count). The minimum atomic E-state index is -0.108. The predicted molar refractivity (Wildman–Crippen MR) is 135 cm³/mol. The van der Waals surface area contributed by atoms with Gasteiger partial charge in [-0.25, -0.2) is 0 Å². The SMILES string of the molecule is CC(=O)c1ccc(C(=O)N[C@H](CN2CCN(Cc3ccc(Cl)c(Cl)c3)CC2)C(C)(C)C)cc1. The molecule has 1 aliphatic rings. The standard InChI is InChI=1S/C26H33Cl2N3O2/c1-18(32)20-6-8-21(9-7-20)25(33)29-24(26(2,3)4)17-31-13-11-30(12-14-31)16-19-5-10-22(27)23(28)15-19/h5-10,15,24H,11-14,16-17H2,1-4H3,(H,29,33)/t24-/m1/s1. The first-order chi connectivity index (χ1) is 15.5. The molecule has 1 aliphatic heterocycles. The first-order valence-corrected chi connectivity index (χ1v) is 12.1. The number of rotatable bonds is 7. The Morgan fingerprint density at radius 2 is 1.48 bits per heavy atom. The van der Waals surface area contributed by atoms with Gasteiger partial charge in [0, 0.05) is 56.4 Å². The van der Waals surface area contributed by atoms with Crippen molar-refractivity contribution in [2.45, 2.75) is 40.3 Å². The van der Waals surface area contributed by atoms with E-state index in [1.54, 1.807) is 24.3 Å². The number of carbonyl (C=O) groups is 2. The largest absolute Gasteiger partial charge is 0.347 e. The number of ketones is 1. The van der Waals surface area contributed by atoms with Crippen LogP contribution >= 0.6 is 23.2 Å². The van der Waals surface area contributed by atoms with Crippen molar-refractivity contribution in [1.82, 2.24) is 15.1 Å². The molecule has 0 radical (unpaired) electrons. The fourth-order valence-corrected chi connectivity index (χ4v) is 4.24. The van der Waals surface area contributed by atoms with Crippen LogP contribution in [0.15, 0.2) is 42.5 Å². The van der Waals surface area contributed by atoms with E-state index >= 15 is 0 Å². The van der Waals surface area contributed by atoms with Gasteiger partial charge in [-0.3, -0.25) is 19.4 Å². The van der Waals surface area contributed by atoms with E-state index in [-0.39, 0.29) is 23.1 Å². The lowest BCUT2D eigenvalue weighted by molar-refractivity contribution is 0.0790. The number of hydrogen-bond donors (Lipinski definition) is 1. The van der Waals surface area contributed by atoms with Crippen LogP contribution in [-0.2, 0) is 6.54 Å². The molecular formula is C26H33Cl2N3O2. The van der Waals surface area contributed by atoms with E-state index in [9.17, 15) is 9.59 Å². The van der Waals surface area contributed by atoms with Crippen LogP contribution in [-0.4, -0.2) is 60.3 Å². The molecule has 5 nitrogen and oxygen atoms in total. The Morgan fingerprint density at radius 3 is 2.03 bits per heavy atom. The highest BCUT2D eigenvalue weighted by Crippen LogP contribution is 2.24. The molecule has 0 spiro atoms. The fourth-order valence-electron chi connectivity index (χ4n) is 3.92. The van der Waals surface area contributed by atoms with E-state index in [0.717, 1.165) is 44.8 Å². The fraction of sp³-hybridized carbons (Fsp3) is 0.462. The maximum atomic E-state index is 12.9. The first-order valence-electron chi connectivity index (χ1n) is 11.3. The van der Waals surface area contributed by atoms with Crippen molar-refractivity contribution in [1.29, 1.82) is 0 Å². The smallest absolute Gasteiger partial charge is 0.251 e. The monoisotopic (exact) mass is 489 g/mol. The number of nitrogens with zero attached hydrogens (tertiary/aromatic N) is 2. The molecule has 1 amide bonds. The van der Waals surface area contributed by atoms with Gasteiger partial charge in [0.2, 0.25) is 0 Å². The van der Waals surface area contributed by atoms with Gasteiger partial charge in [0.25, 0.3) is 5.91 Å². The Hall–Kier alpha value is -1.92. The van der Waals surface area contributed by atoms with Crippen molar-refractivity contribution in [3.63, 3.8) is 0 Å². The summed E-state index contributed by atoms with van der Waals surface area (Å²) in [5, 5.41) is 4.39. The Kier molecular flexibility index (Phi) is 8.57. The molecule has 2 aromatic rings. The third-order valence-corrected chi connectivity index (χ3v) is 6.94. The van der Waals surface area contributed by atoms with Gasteiger partial charge in [-0.1, -0.05) is 62.2 Å². The van der Waals surface area contributed by atoms with Gasteiger partial charge in [0.1, 0.15) is 0 Å². The van der Waals surface area contributed by atoms with Gasteiger partial charge in [0.15, 0.2) is 5.78 Å². The summed E-state index contributed by atoms with van der Waals surface area (Å²) in [7, 11) is 0. The molecule has 0 unspecified atom stereocenters. The summed E-state index contributed by atoms with van der Waals surface area (Å²) >= 11 is 12.2. The number of benzene rings is 2. The van der Waals surface area contributed by atoms with Crippen molar-refractivity contribution in [2.24, 2.45) is 5.41 Å². The Morgan fingerprint density at radius 1 is 0.909 bits per heavy atom. The van der Waals surface area contributed by atoms with Crippen LogP contribution in [0.2, 0.25) is 10.0 Å². The summed E-state index contributed by atoms with van der Waals surface area (Å²) in [6.45, 7) is 13.4. The van der Waals surface area contributed by atoms with Gasteiger partial charge >= 0.3 is 0 Å². The minimum absolute atomic E-state index is 0.000828. The zero-order valence-corrected chi connectivity index (χ0v) is 21.3. The topological polar surface area (TPSA) is 52.7 Å². The molecule has 1 heterocycles. The Bertz CT molecular complexity index is 978. The van der Waals surface area contributed by atoms with E-state index in [0.29, 0.717) is 21.2 Å². The molecule has 0 aromatic heterocycles. The van der Waals surface area contributed by atoms with E-state index < -0.39 is 0 Å². The molecule has 1 saturated heterocycles. The van der Waals surface area contributed by atoms with Crippen LogP contribution in [0.4, 0.5) is 0 Å². The summed E-state index contributed by atoms with van der Waals surface area (Å²) in [5.74, 6) is -0.115. The Balaban J connectivity index is 1.56. The Labute approximate surface area is 207 Å². The highest BCUT2D eigenvalue weighted by molar-refractivity contribution is 6.42. The highest BCUT2D eigenvalue weighted by Gasteiger charge is 2.30. The average molecular weight is 490 g/mol. The number of Topliss-reactive ketones (excluding diaryl/α,β-unsaturated/α-hetero) is 1. The van der Waals surface area contributed by atoms with Crippen LogP contribution < -0.4 is 5.32 Å². The average Bonchev–Trinajstić information content (AvgIpc) is 2.76. The van der Waals surface area contributed by atoms with Crippen molar-refractivity contribution >= 4 is 34.9 Å². The minimum Gasteiger partial charge on any atom is -0.347 e. The maximum absolute atomic E-state index is 12.9. The van der Waals surface area contributed by atoms with Crippen LogP contribution in [0.25, 0.3) is 0 Å². The zero-order valence-electron chi connectivity index (χ0n) is 19.8. The summed E-state index contributed by atoms with van der Waals surface area (Å²) < 4.78 is 0. The van der Waals surface area contributed by atoms with Crippen molar-refractivity contribution in [3.05, 3.63) is 69.2 Å². The lowest BCUT2D eigenvalue weighted by Crippen LogP contribution is -2.54. The van der Waals surface area contributed by atoms with Gasteiger partial charge < -0.3 is 5.32 Å². The molecular weight excluding hydrogens is 457 g/mol. The molecule has 33 heavy (non-hydrogen) atoms. The number of hydrogen-bond acceptors (Lipinski definition) is 4. The molecule has 0 bridgehead atoms. The molecule has 1 fully saturated rings. The second-order valence-electron chi connectivity index (χ2n) is 9.85. The molecule has 178 valence electrons. The number of halogens is 2. The summed E-state index contributed by atoms with van der Waals surface area (Å²) in [6.07, 6.45) is 0. The quantitative estimate of drug-likeness (QED) is 0.545. The molecule has 2 aromatic carbocycles. The van der Waals surface area contributed by atoms with Gasteiger partial charge in [-0.05, 0) is 42.2 Å². The summed E-state index contributed by atoms with van der Waals surface area (Å²) in [4.78, 5) is 29.2. The van der Waals surface area contributed by atoms with Crippen LogP contribution in [0.3, 0.4) is 0 Å². The number of amides is 1. The molecule has 1 atom stereocenters. The third kappa shape index (κ3) is 7.28. The lowest BCUT2D eigenvalue weighted by Gasteiger charge is -2.40. The second-order valence-corrected chi connectivity index (χ2v) is 10.7. The molecule has 0 saturated carbocycles. The van der Waals surface area contributed by atoms with Crippen molar-refractivity contribution in [2.75, 3.05) is 32.7 Å². The third-order valence-electron chi connectivity index (χ3n) is 6.20. The van der Waals surface area contributed by atoms with Gasteiger partial charge in [-0.15, -0.1) is 0 Å². The maximum Gasteiger partial charge on any atom is 0.251 e.